The maximum atomic E-state index is 11.8. The lowest BCUT2D eigenvalue weighted by molar-refractivity contribution is 0.693. The summed E-state index contributed by atoms with van der Waals surface area (Å²) in [6.45, 7) is 4.05. The largest absolute Gasteiger partial charge is 0.341 e. The van der Waals surface area contributed by atoms with Crippen molar-refractivity contribution in [3.8, 4) is 0 Å². The van der Waals surface area contributed by atoms with E-state index < -0.39 is 0 Å². The van der Waals surface area contributed by atoms with E-state index >= 15 is 0 Å². The molecule has 0 saturated heterocycles. The molecule has 5 heteroatoms. The zero-order valence-corrected chi connectivity index (χ0v) is 11.5. The SMILES string of the molecule is Cc1ccc(Nc2cc(=O)n(C)c(=O)n2C)cc1C. The van der Waals surface area contributed by atoms with Gasteiger partial charge in [-0.3, -0.25) is 13.9 Å². The molecule has 5 nitrogen and oxygen atoms in total. The monoisotopic (exact) mass is 259 g/mol. The van der Waals surface area contributed by atoms with Crippen molar-refractivity contribution in [1.82, 2.24) is 9.13 Å². The van der Waals surface area contributed by atoms with Gasteiger partial charge in [-0.25, -0.2) is 4.79 Å². The van der Waals surface area contributed by atoms with Crippen LogP contribution in [0.3, 0.4) is 0 Å². The lowest BCUT2D eigenvalue weighted by atomic mass is 10.1. The maximum absolute atomic E-state index is 11.8. The van der Waals surface area contributed by atoms with Crippen LogP contribution in [0.1, 0.15) is 11.1 Å². The van der Waals surface area contributed by atoms with Gasteiger partial charge >= 0.3 is 5.69 Å². The van der Waals surface area contributed by atoms with Crippen LogP contribution in [0.2, 0.25) is 0 Å². The molecule has 19 heavy (non-hydrogen) atoms. The van der Waals surface area contributed by atoms with Crippen molar-refractivity contribution >= 4 is 11.5 Å². The number of hydrogen-bond acceptors (Lipinski definition) is 3. The Kier molecular flexibility index (Phi) is 3.29. The zero-order chi connectivity index (χ0) is 14.2. The summed E-state index contributed by atoms with van der Waals surface area (Å²) in [5.41, 5.74) is 2.53. The molecule has 2 rings (SSSR count). The molecule has 0 fully saturated rings. The Bertz CT molecular complexity index is 741. The quantitative estimate of drug-likeness (QED) is 0.888. The van der Waals surface area contributed by atoms with Gasteiger partial charge in [0.05, 0.1) is 0 Å². The summed E-state index contributed by atoms with van der Waals surface area (Å²) in [7, 11) is 3.09. The van der Waals surface area contributed by atoms with Crippen LogP contribution >= 0.6 is 0 Å². The van der Waals surface area contributed by atoms with Crippen molar-refractivity contribution in [1.29, 1.82) is 0 Å². The third kappa shape index (κ3) is 2.45. The minimum absolute atomic E-state index is 0.325. The standard InChI is InChI=1S/C14H17N3O2/c1-9-5-6-11(7-10(9)2)15-12-8-13(18)17(4)14(19)16(12)3/h5-8,15H,1-4H3. The highest BCUT2D eigenvalue weighted by atomic mass is 16.2. The Hall–Kier alpha value is -2.30. The Morgan fingerprint density at radius 1 is 0.947 bits per heavy atom. The highest BCUT2D eigenvalue weighted by Crippen LogP contribution is 2.17. The minimum Gasteiger partial charge on any atom is -0.341 e. The smallest absolute Gasteiger partial charge is 0.332 e. The van der Waals surface area contributed by atoms with Gasteiger partial charge in [-0.05, 0) is 37.1 Å². The zero-order valence-electron chi connectivity index (χ0n) is 11.5. The first-order valence-electron chi connectivity index (χ1n) is 6.01. The van der Waals surface area contributed by atoms with Crippen molar-refractivity contribution in [2.45, 2.75) is 13.8 Å². The van der Waals surface area contributed by atoms with Crippen LogP contribution in [0, 0.1) is 13.8 Å². The Morgan fingerprint density at radius 2 is 1.63 bits per heavy atom. The van der Waals surface area contributed by atoms with Crippen LogP contribution in [-0.4, -0.2) is 9.13 Å². The Morgan fingerprint density at radius 3 is 2.26 bits per heavy atom. The first-order chi connectivity index (χ1) is 8.90. The molecule has 1 heterocycles. The number of nitrogens with one attached hydrogen (secondary N) is 1. The topological polar surface area (TPSA) is 56.0 Å². The van der Waals surface area contributed by atoms with E-state index in [4.69, 9.17) is 0 Å². The molecule has 0 spiro atoms. The molecule has 100 valence electrons. The van der Waals surface area contributed by atoms with Gasteiger partial charge in [-0.1, -0.05) is 6.07 Å². The molecule has 2 aromatic rings. The summed E-state index contributed by atoms with van der Waals surface area (Å²) in [6.07, 6.45) is 0. The normalized spacial score (nSPS) is 10.5. The molecule has 1 aromatic carbocycles. The van der Waals surface area contributed by atoms with Crippen LogP contribution in [-0.2, 0) is 14.1 Å². The van der Waals surface area contributed by atoms with E-state index in [1.54, 1.807) is 7.05 Å². The van der Waals surface area contributed by atoms with Gasteiger partial charge < -0.3 is 5.32 Å². The molecule has 0 atom stereocenters. The average molecular weight is 259 g/mol. The van der Waals surface area contributed by atoms with Gasteiger partial charge in [0, 0.05) is 25.8 Å². The van der Waals surface area contributed by atoms with Crippen molar-refractivity contribution in [2.24, 2.45) is 14.1 Å². The number of nitrogens with zero attached hydrogens (tertiary/aromatic N) is 2. The predicted molar refractivity (Wildman–Crippen MR) is 76.1 cm³/mol. The molecule has 0 saturated carbocycles. The number of hydrogen-bond donors (Lipinski definition) is 1. The lowest BCUT2D eigenvalue weighted by Gasteiger charge is -2.12. The second-order valence-corrected chi connectivity index (χ2v) is 4.69. The van der Waals surface area contributed by atoms with Gasteiger partial charge in [0.2, 0.25) is 0 Å². The first kappa shape index (κ1) is 13.1. The van der Waals surface area contributed by atoms with E-state index in [1.165, 1.54) is 23.2 Å². The second kappa shape index (κ2) is 4.76. The third-order valence-electron chi connectivity index (χ3n) is 3.31. The Labute approximate surface area is 111 Å². The first-order valence-corrected chi connectivity index (χ1v) is 6.01. The Balaban J connectivity index is 2.47. The molecule has 0 aliphatic heterocycles. The van der Waals surface area contributed by atoms with Crippen molar-refractivity contribution in [3.05, 3.63) is 56.2 Å². The van der Waals surface area contributed by atoms with Crippen LogP contribution < -0.4 is 16.6 Å². The van der Waals surface area contributed by atoms with Gasteiger partial charge in [0.25, 0.3) is 5.56 Å². The third-order valence-corrected chi connectivity index (χ3v) is 3.31. The highest BCUT2D eigenvalue weighted by Gasteiger charge is 2.06. The van der Waals surface area contributed by atoms with Crippen molar-refractivity contribution in [2.75, 3.05) is 5.32 Å². The van der Waals surface area contributed by atoms with E-state index in [9.17, 15) is 9.59 Å². The fourth-order valence-electron chi connectivity index (χ4n) is 1.82. The molecule has 0 radical (unpaired) electrons. The number of aryl methyl sites for hydroxylation is 2. The van der Waals surface area contributed by atoms with E-state index in [0.29, 0.717) is 5.82 Å². The molecule has 0 aliphatic carbocycles. The number of aromatic nitrogens is 2. The fourth-order valence-corrected chi connectivity index (χ4v) is 1.82. The molecule has 0 aliphatic rings. The van der Waals surface area contributed by atoms with E-state index in [0.717, 1.165) is 15.8 Å². The van der Waals surface area contributed by atoms with Gasteiger partial charge in [-0.15, -0.1) is 0 Å². The van der Waals surface area contributed by atoms with Crippen LogP contribution in [0.25, 0.3) is 0 Å². The summed E-state index contributed by atoms with van der Waals surface area (Å²) in [4.78, 5) is 23.4. The van der Waals surface area contributed by atoms with Crippen molar-refractivity contribution < 1.29 is 0 Å². The molecular formula is C14H17N3O2. The summed E-state index contributed by atoms with van der Waals surface area (Å²) in [5.74, 6) is 0.483. The summed E-state index contributed by atoms with van der Waals surface area (Å²) < 4.78 is 2.49. The van der Waals surface area contributed by atoms with E-state index in [1.807, 2.05) is 32.0 Å². The minimum atomic E-state index is -0.348. The molecule has 1 N–H and O–H groups in total. The van der Waals surface area contributed by atoms with Gasteiger partial charge in [-0.2, -0.15) is 0 Å². The average Bonchev–Trinajstić information content (AvgIpc) is 2.38. The molecule has 0 bridgehead atoms. The van der Waals surface area contributed by atoms with Crippen LogP contribution in [0.5, 0.6) is 0 Å². The second-order valence-electron chi connectivity index (χ2n) is 4.69. The van der Waals surface area contributed by atoms with E-state index in [2.05, 4.69) is 5.32 Å². The number of anilines is 2. The summed E-state index contributed by atoms with van der Waals surface area (Å²) >= 11 is 0. The number of benzene rings is 1. The molecular weight excluding hydrogens is 242 g/mol. The van der Waals surface area contributed by atoms with Crippen LogP contribution in [0.15, 0.2) is 33.9 Å². The van der Waals surface area contributed by atoms with E-state index in [-0.39, 0.29) is 11.2 Å². The van der Waals surface area contributed by atoms with Gasteiger partial charge in [0.1, 0.15) is 5.82 Å². The molecule has 0 amide bonds. The summed E-state index contributed by atoms with van der Waals surface area (Å²) in [5, 5.41) is 3.10. The van der Waals surface area contributed by atoms with Crippen molar-refractivity contribution in [3.63, 3.8) is 0 Å². The highest BCUT2D eigenvalue weighted by molar-refractivity contribution is 5.57. The van der Waals surface area contributed by atoms with Gasteiger partial charge in [0.15, 0.2) is 0 Å². The predicted octanol–water partition coefficient (Wildman–Crippen LogP) is 1.44. The van der Waals surface area contributed by atoms with Crippen LogP contribution in [0.4, 0.5) is 11.5 Å². The number of rotatable bonds is 2. The summed E-state index contributed by atoms with van der Waals surface area (Å²) in [6, 6.07) is 7.31. The molecule has 0 unspecified atom stereocenters. The maximum Gasteiger partial charge on any atom is 0.332 e. The fraction of sp³-hybridized carbons (Fsp3) is 0.286. The molecule has 1 aromatic heterocycles. The lowest BCUT2D eigenvalue weighted by Crippen LogP contribution is -2.37.